The third-order valence-electron chi connectivity index (χ3n) is 1.62. The van der Waals surface area contributed by atoms with E-state index in [2.05, 4.69) is 16.9 Å². The van der Waals surface area contributed by atoms with Crippen LogP contribution in [0.3, 0.4) is 0 Å². The predicted octanol–water partition coefficient (Wildman–Crippen LogP) is 1.40. The molecule has 0 fully saturated rings. The van der Waals surface area contributed by atoms with E-state index in [0.717, 1.165) is 18.4 Å². The van der Waals surface area contributed by atoms with Crippen LogP contribution in [0.1, 0.15) is 25.3 Å². The van der Waals surface area contributed by atoms with E-state index in [1.807, 2.05) is 0 Å². The lowest BCUT2D eigenvalue weighted by molar-refractivity contribution is 0.790. The molecule has 1 aromatic heterocycles. The Morgan fingerprint density at radius 1 is 1.55 bits per heavy atom. The number of rotatable bonds is 3. The Labute approximate surface area is 66.7 Å². The fourth-order valence-electron chi connectivity index (χ4n) is 0.928. The topological polar surface area (TPSA) is 51.8 Å². The summed E-state index contributed by atoms with van der Waals surface area (Å²) in [5.41, 5.74) is 6.67. The molecule has 0 spiro atoms. The maximum Gasteiger partial charge on any atom is 0.129 e. The summed E-state index contributed by atoms with van der Waals surface area (Å²) in [5, 5.41) is 0. The molecule has 3 nitrogen and oxygen atoms in total. The SMILES string of the molecule is CCCCc1cncnc1N. The molecule has 0 aliphatic heterocycles. The van der Waals surface area contributed by atoms with Gasteiger partial charge in [-0.3, -0.25) is 0 Å². The van der Waals surface area contributed by atoms with Gasteiger partial charge in [-0.2, -0.15) is 0 Å². The lowest BCUT2D eigenvalue weighted by Gasteiger charge is -2.00. The fourth-order valence-corrected chi connectivity index (χ4v) is 0.928. The summed E-state index contributed by atoms with van der Waals surface area (Å²) in [4.78, 5) is 7.81. The van der Waals surface area contributed by atoms with E-state index in [0.29, 0.717) is 5.82 Å². The van der Waals surface area contributed by atoms with E-state index < -0.39 is 0 Å². The second-order valence-corrected chi connectivity index (χ2v) is 2.54. The number of hydrogen-bond acceptors (Lipinski definition) is 3. The molecule has 11 heavy (non-hydrogen) atoms. The Balaban J connectivity index is 2.62. The molecular weight excluding hydrogens is 138 g/mol. The molecule has 1 aromatic rings. The minimum Gasteiger partial charge on any atom is -0.383 e. The largest absolute Gasteiger partial charge is 0.383 e. The molecule has 0 aliphatic carbocycles. The monoisotopic (exact) mass is 151 g/mol. The van der Waals surface area contributed by atoms with Gasteiger partial charge in [0.2, 0.25) is 0 Å². The van der Waals surface area contributed by atoms with Crippen LogP contribution in [0, 0.1) is 0 Å². The van der Waals surface area contributed by atoms with Gasteiger partial charge < -0.3 is 5.73 Å². The highest BCUT2D eigenvalue weighted by Gasteiger charge is 1.97. The number of nitrogen functional groups attached to an aromatic ring is 1. The number of aromatic nitrogens is 2. The smallest absolute Gasteiger partial charge is 0.129 e. The molecule has 0 aliphatic rings. The normalized spacial score (nSPS) is 9.91. The lowest BCUT2D eigenvalue weighted by Crippen LogP contribution is -1.98. The minimum atomic E-state index is 0.619. The fraction of sp³-hybridized carbons (Fsp3) is 0.500. The predicted molar refractivity (Wildman–Crippen MR) is 45.1 cm³/mol. The average Bonchev–Trinajstić information content (AvgIpc) is 2.03. The van der Waals surface area contributed by atoms with Crippen molar-refractivity contribution in [1.82, 2.24) is 9.97 Å². The molecule has 1 rings (SSSR count). The number of nitrogens with two attached hydrogens (primary N) is 1. The van der Waals surface area contributed by atoms with E-state index in [9.17, 15) is 0 Å². The first-order valence-electron chi connectivity index (χ1n) is 3.89. The van der Waals surface area contributed by atoms with Gasteiger partial charge in [0.25, 0.3) is 0 Å². The minimum absolute atomic E-state index is 0.619. The summed E-state index contributed by atoms with van der Waals surface area (Å²) in [7, 11) is 0. The van der Waals surface area contributed by atoms with Gasteiger partial charge in [0.15, 0.2) is 0 Å². The van der Waals surface area contributed by atoms with E-state index in [-0.39, 0.29) is 0 Å². The Morgan fingerprint density at radius 2 is 2.36 bits per heavy atom. The molecule has 0 atom stereocenters. The molecule has 1 heterocycles. The summed E-state index contributed by atoms with van der Waals surface area (Å²) in [6, 6.07) is 0. The summed E-state index contributed by atoms with van der Waals surface area (Å²) >= 11 is 0. The van der Waals surface area contributed by atoms with Crippen LogP contribution in [0.4, 0.5) is 5.82 Å². The van der Waals surface area contributed by atoms with Crippen LogP contribution in [0.2, 0.25) is 0 Å². The van der Waals surface area contributed by atoms with E-state index in [1.54, 1.807) is 6.20 Å². The van der Waals surface area contributed by atoms with Crippen molar-refractivity contribution in [1.29, 1.82) is 0 Å². The average molecular weight is 151 g/mol. The number of anilines is 1. The maximum atomic E-state index is 5.61. The molecule has 0 bridgehead atoms. The molecule has 2 N–H and O–H groups in total. The van der Waals surface area contributed by atoms with Gasteiger partial charge in [0.05, 0.1) is 0 Å². The van der Waals surface area contributed by atoms with Gasteiger partial charge in [-0.1, -0.05) is 13.3 Å². The van der Waals surface area contributed by atoms with Crippen molar-refractivity contribution in [3.05, 3.63) is 18.1 Å². The molecule has 0 aromatic carbocycles. The second-order valence-electron chi connectivity index (χ2n) is 2.54. The molecule has 0 saturated carbocycles. The zero-order valence-electron chi connectivity index (χ0n) is 6.75. The van der Waals surface area contributed by atoms with Crippen molar-refractivity contribution >= 4 is 5.82 Å². The first-order chi connectivity index (χ1) is 5.34. The zero-order chi connectivity index (χ0) is 8.10. The number of hydrogen-bond donors (Lipinski definition) is 1. The van der Waals surface area contributed by atoms with E-state index in [4.69, 9.17) is 5.73 Å². The summed E-state index contributed by atoms with van der Waals surface area (Å²) in [5.74, 6) is 0.619. The number of nitrogens with zero attached hydrogens (tertiary/aromatic N) is 2. The molecule has 0 unspecified atom stereocenters. The highest BCUT2D eigenvalue weighted by Crippen LogP contribution is 2.08. The quantitative estimate of drug-likeness (QED) is 0.710. The summed E-state index contributed by atoms with van der Waals surface area (Å²) in [6.45, 7) is 2.15. The van der Waals surface area contributed by atoms with Crippen molar-refractivity contribution in [2.24, 2.45) is 0 Å². The Hall–Kier alpha value is -1.12. The van der Waals surface area contributed by atoms with Gasteiger partial charge in [-0.05, 0) is 12.8 Å². The van der Waals surface area contributed by atoms with Crippen LogP contribution >= 0.6 is 0 Å². The van der Waals surface area contributed by atoms with Crippen LogP contribution in [-0.4, -0.2) is 9.97 Å². The van der Waals surface area contributed by atoms with Gasteiger partial charge >= 0.3 is 0 Å². The molecule has 3 heteroatoms. The van der Waals surface area contributed by atoms with Crippen LogP contribution in [-0.2, 0) is 6.42 Å². The van der Waals surface area contributed by atoms with Crippen LogP contribution < -0.4 is 5.73 Å². The van der Waals surface area contributed by atoms with Crippen LogP contribution in [0.5, 0.6) is 0 Å². The van der Waals surface area contributed by atoms with Crippen molar-refractivity contribution in [2.45, 2.75) is 26.2 Å². The van der Waals surface area contributed by atoms with Crippen LogP contribution in [0.15, 0.2) is 12.5 Å². The Morgan fingerprint density at radius 3 is 3.00 bits per heavy atom. The second kappa shape index (κ2) is 3.91. The molecular formula is C8H13N3. The Kier molecular flexibility index (Phi) is 2.83. The zero-order valence-corrected chi connectivity index (χ0v) is 6.75. The van der Waals surface area contributed by atoms with E-state index >= 15 is 0 Å². The van der Waals surface area contributed by atoms with Crippen molar-refractivity contribution in [2.75, 3.05) is 5.73 Å². The van der Waals surface area contributed by atoms with Crippen molar-refractivity contribution < 1.29 is 0 Å². The first-order valence-corrected chi connectivity index (χ1v) is 3.89. The molecule has 0 saturated heterocycles. The third kappa shape index (κ3) is 2.18. The number of aryl methyl sites for hydroxylation is 1. The summed E-state index contributed by atoms with van der Waals surface area (Å²) < 4.78 is 0. The third-order valence-corrected chi connectivity index (χ3v) is 1.62. The lowest BCUT2D eigenvalue weighted by atomic mass is 10.1. The number of unbranched alkanes of at least 4 members (excludes halogenated alkanes) is 1. The van der Waals surface area contributed by atoms with Crippen molar-refractivity contribution in [3.63, 3.8) is 0 Å². The molecule has 0 amide bonds. The van der Waals surface area contributed by atoms with Gasteiger partial charge in [0.1, 0.15) is 12.1 Å². The van der Waals surface area contributed by atoms with Gasteiger partial charge in [-0.15, -0.1) is 0 Å². The van der Waals surface area contributed by atoms with Gasteiger partial charge in [0, 0.05) is 11.8 Å². The Bertz CT molecular complexity index is 222. The van der Waals surface area contributed by atoms with Crippen molar-refractivity contribution in [3.8, 4) is 0 Å². The van der Waals surface area contributed by atoms with Crippen LogP contribution in [0.25, 0.3) is 0 Å². The maximum absolute atomic E-state index is 5.61. The first kappa shape index (κ1) is 7.98. The highest BCUT2D eigenvalue weighted by molar-refractivity contribution is 5.36. The molecule has 60 valence electrons. The van der Waals surface area contributed by atoms with Gasteiger partial charge in [-0.25, -0.2) is 9.97 Å². The summed E-state index contributed by atoms with van der Waals surface area (Å²) in [6.07, 6.45) is 6.58. The standard InChI is InChI=1S/C8H13N3/c1-2-3-4-7-5-10-6-11-8(7)9/h5-6H,2-4H2,1H3,(H2,9,10,11). The molecule has 0 radical (unpaired) electrons. The van der Waals surface area contributed by atoms with E-state index in [1.165, 1.54) is 12.7 Å². The highest BCUT2D eigenvalue weighted by atomic mass is 14.9.